The fourth-order valence-electron chi connectivity index (χ4n) is 5.29. The van der Waals surface area contributed by atoms with Gasteiger partial charge in [-0.25, -0.2) is 0 Å². The lowest BCUT2D eigenvalue weighted by molar-refractivity contribution is 0.100. The molecule has 2 fully saturated rings. The number of primary amides is 1. The van der Waals surface area contributed by atoms with Gasteiger partial charge in [-0.15, -0.1) is 12.4 Å². The quantitative estimate of drug-likeness (QED) is 0.646. The molecule has 1 aromatic carbocycles. The van der Waals surface area contributed by atoms with Crippen LogP contribution >= 0.6 is 12.4 Å². The molecule has 1 heterocycles. The lowest BCUT2D eigenvalue weighted by Gasteiger charge is -2.41. The smallest absolute Gasteiger partial charge is 0.250 e. The molecule has 1 aliphatic heterocycles. The van der Waals surface area contributed by atoms with Crippen LogP contribution in [0.1, 0.15) is 88.1 Å². The first-order valence-electron chi connectivity index (χ1n) is 11.7. The highest BCUT2D eigenvalue weighted by Crippen LogP contribution is 2.45. The van der Waals surface area contributed by atoms with E-state index < -0.39 is 0 Å². The normalized spacial score (nSPS) is 23.1. The van der Waals surface area contributed by atoms with Crippen molar-refractivity contribution < 1.29 is 4.79 Å². The molecule has 0 spiro atoms. The summed E-state index contributed by atoms with van der Waals surface area (Å²) in [6.07, 6.45) is 7.49. The van der Waals surface area contributed by atoms with Crippen molar-refractivity contribution in [2.75, 3.05) is 37.6 Å². The summed E-state index contributed by atoms with van der Waals surface area (Å²) in [6.45, 7) is 14.7. The third-order valence-corrected chi connectivity index (χ3v) is 7.24. The molecule has 30 heavy (non-hydrogen) atoms. The maximum atomic E-state index is 12.3. The van der Waals surface area contributed by atoms with E-state index in [4.69, 9.17) is 5.73 Å². The Morgan fingerprint density at radius 3 is 2.23 bits per heavy atom. The van der Waals surface area contributed by atoms with Crippen molar-refractivity contribution in [3.63, 3.8) is 0 Å². The van der Waals surface area contributed by atoms with E-state index in [9.17, 15) is 4.79 Å². The highest BCUT2D eigenvalue weighted by molar-refractivity contribution is 5.99. The molecular weight excluding hydrogens is 394 g/mol. The number of hydrogen-bond acceptors (Lipinski definition) is 3. The average Bonchev–Trinajstić information content (AvgIpc) is 2.71. The van der Waals surface area contributed by atoms with Gasteiger partial charge in [0.1, 0.15) is 0 Å². The molecule has 3 rings (SSSR count). The van der Waals surface area contributed by atoms with Gasteiger partial charge in [0.25, 0.3) is 5.91 Å². The number of para-hydroxylation sites is 1. The Labute approximate surface area is 190 Å². The number of rotatable bonds is 6. The minimum Gasteiger partial charge on any atom is -0.368 e. The van der Waals surface area contributed by atoms with Crippen LogP contribution in [-0.4, -0.2) is 43.5 Å². The van der Waals surface area contributed by atoms with Crippen molar-refractivity contribution in [3.8, 4) is 0 Å². The van der Waals surface area contributed by atoms with E-state index in [2.05, 4.69) is 43.6 Å². The number of nitrogens with zero attached hydrogens (tertiary/aromatic N) is 2. The van der Waals surface area contributed by atoms with Crippen LogP contribution in [0, 0.1) is 11.3 Å². The van der Waals surface area contributed by atoms with Crippen LogP contribution in [-0.2, 0) is 0 Å². The molecule has 0 aromatic heterocycles. The van der Waals surface area contributed by atoms with Gasteiger partial charge >= 0.3 is 0 Å². The molecule has 1 saturated carbocycles. The van der Waals surface area contributed by atoms with Gasteiger partial charge in [-0.1, -0.05) is 46.2 Å². The Kier molecular flexibility index (Phi) is 9.05. The van der Waals surface area contributed by atoms with Crippen molar-refractivity contribution in [2.45, 2.75) is 72.1 Å². The molecule has 1 amide bonds. The van der Waals surface area contributed by atoms with Gasteiger partial charge in [0.05, 0.1) is 11.3 Å². The van der Waals surface area contributed by atoms with Gasteiger partial charge in [0.2, 0.25) is 0 Å². The number of carbonyl (C=O) groups excluding carboxylic acids is 1. The zero-order valence-corrected chi connectivity index (χ0v) is 20.3. The standard InChI is InChI=1S/C25H41N3O.ClH/c1-5-6-14-27-15-17-28(18-16-27)23-21(8-7-9-22(23)24(26)29)19-10-12-20(13-11-19)25(2,3)4;/h7-9,19-20H,5-6,10-18H2,1-4H3,(H2,26,29);1H. The first-order chi connectivity index (χ1) is 13.8. The molecule has 4 nitrogen and oxygen atoms in total. The van der Waals surface area contributed by atoms with Crippen molar-refractivity contribution in [1.82, 2.24) is 4.90 Å². The Balaban J connectivity index is 0.00000320. The lowest BCUT2D eigenvalue weighted by Crippen LogP contribution is -2.47. The summed E-state index contributed by atoms with van der Waals surface area (Å²) in [5, 5.41) is 0. The van der Waals surface area contributed by atoms with Gasteiger partial charge in [0, 0.05) is 26.2 Å². The Morgan fingerprint density at radius 1 is 1.07 bits per heavy atom. The average molecular weight is 436 g/mol. The van der Waals surface area contributed by atoms with Crippen LogP contribution in [0.5, 0.6) is 0 Å². The van der Waals surface area contributed by atoms with E-state index in [1.54, 1.807) is 0 Å². The Hall–Kier alpha value is -1.26. The second-order valence-electron chi connectivity index (χ2n) is 10.2. The lowest BCUT2D eigenvalue weighted by atomic mass is 9.68. The van der Waals surface area contributed by atoms with Gasteiger partial charge in [-0.3, -0.25) is 9.69 Å². The molecule has 2 N–H and O–H groups in total. The minimum absolute atomic E-state index is 0. The van der Waals surface area contributed by atoms with Crippen molar-refractivity contribution in [3.05, 3.63) is 29.3 Å². The van der Waals surface area contributed by atoms with Crippen molar-refractivity contribution >= 4 is 24.0 Å². The highest BCUT2D eigenvalue weighted by atomic mass is 35.5. The zero-order chi connectivity index (χ0) is 21.0. The van der Waals surface area contributed by atoms with E-state index in [1.807, 2.05) is 12.1 Å². The third kappa shape index (κ3) is 5.91. The van der Waals surface area contributed by atoms with Crippen LogP contribution in [0.25, 0.3) is 0 Å². The van der Waals surface area contributed by atoms with E-state index in [-0.39, 0.29) is 18.3 Å². The number of unbranched alkanes of at least 4 members (excludes halogenated alkanes) is 1. The number of anilines is 1. The Morgan fingerprint density at radius 2 is 1.70 bits per heavy atom. The van der Waals surface area contributed by atoms with E-state index in [0.717, 1.165) is 37.8 Å². The van der Waals surface area contributed by atoms with Crippen molar-refractivity contribution in [1.29, 1.82) is 0 Å². The molecule has 0 unspecified atom stereocenters. The van der Waals surface area contributed by atoms with Gasteiger partial charge < -0.3 is 10.6 Å². The van der Waals surface area contributed by atoms with Gasteiger partial charge in [-0.2, -0.15) is 0 Å². The maximum absolute atomic E-state index is 12.3. The second kappa shape index (κ2) is 10.9. The predicted molar refractivity (Wildman–Crippen MR) is 130 cm³/mol. The van der Waals surface area contributed by atoms with Gasteiger partial charge in [0.15, 0.2) is 0 Å². The molecule has 5 heteroatoms. The minimum atomic E-state index is -0.293. The summed E-state index contributed by atoms with van der Waals surface area (Å²) >= 11 is 0. The maximum Gasteiger partial charge on any atom is 0.250 e. The summed E-state index contributed by atoms with van der Waals surface area (Å²) in [6, 6.07) is 6.21. The SMILES string of the molecule is CCCCN1CCN(c2c(C(N)=O)cccc2C2CCC(C(C)(C)C)CC2)CC1.Cl. The van der Waals surface area contributed by atoms with Crippen LogP contribution in [0.3, 0.4) is 0 Å². The molecule has 2 aliphatic rings. The largest absolute Gasteiger partial charge is 0.368 e. The summed E-state index contributed by atoms with van der Waals surface area (Å²) in [4.78, 5) is 17.3. The summed E-state index contributed by atoms with van der Waals surface area (Å²) in [5.41, 5.74) is 9.40. The van der Waals surface area contributed by atoms with Crippen LogP contribution in [0.15, 0.2) is 18.2 Å². The number of amides is 1. The topological polar surface area (TPSA) is 49.6 Å². The number of hydrogen-bond donors (Lipinski definition) is 1. The first kappa shape index (κ1) is 25.0. The Bertz CT molecular complexity index is 684. The number of nitrogens with two attached hydrogens (primary N) is 1. The molecule has 0 bridgehead atoms. The number of benzene rings is 1. The fourth-order valence-corrected chi connectivity index (χ4v) is 5.29. The number of carbonyl (C=O) groups is 1. The first-order valence-corrected chi connectivity index (χ1v) is 11.7. The van der Waals surface area contributed by atoms with Crippen LogP contribution < -0.4 is 10.6 Å². The van der Waals surface area contributed by atoms with E-state index in [0.29, 0.717) is 16.9 Å². The molecule has 0 atom stereocenters. The number of piperazine rings is 1. The summed E-state index contributed by atoms with van der Waals surface area (Å²) in [7, 11) is 0. The molecule has 0 radical (unpaired) electrons. The van der Waals surface area contributed by atoms with Gasteiger partial charge in [-0.05, 0) is 67.5 Å². The summed E-state index contributed by atoms with van der Waals surface area (Å²) < 4.78 is 0. The molecule has 1 aliphatic carbocycles. The molecule has 1 aromatic rings. The molecule has 170 valence electrons. The highest BCUT2D eigenvalue weighted by Gasteiger charge is 2.33. The number of halogens is 1. The predicted octanol–water partition coefficient (Wildman–Crippen LogP) is 5.45. The third-order valence-electron chi connectivity index (χ3n) is 7.24. The van der Waals surface area contributed by atoms with Crippen LogP contribution in [0.2, 0.25) is 0 Å². The van der Waals surface area contributed by atoms with Crippen LogP contribution in [0.4, 0.5) is 5.69 Å². The fraction of sp³-hybridized carbons (Fsp3) is 0.720. The monoisotopic (exact) mass is 435 g/mol. The second-order valence-corrected chi connectivity index (χ2v) is 10.2. The summed E-state index contributed by atoms with van der Waals surface area (Å²) in [5.74, 6) is 1.04. The zero-order valence-electron chi connectivity index (χ0n) is 19.5. The van der Waals surface area contributed by atoms with E-state index in [1.165, 1.54) is 50.6 Å². The molecular formula is C25H42ClN3O. The van der Waals surface area contributed by atoms with E-state index >= 15 is 0 Å². The van der Waals surface area contributed by atoms with Crippen molar-refractivity contribution in [2.24, 2.45) is 17.1 Å². The molecule has 1 saturated heterocycles.